The van der Waals surface area contributed by atoms with Crippen molar-refractivity contribution in [2.45, 2.75) is 51.5 Å². The molecule has 0 aliphatic carbocycles. The van der Waals surface area contributed by atoms with Gasteiger partial charge in [-0.3, -0.25) is 4.79 Å². The summed E-state index contributed by atoms with van der Waals surface area (Å²) in [4.78, 5) is 30.0. The predicted molar refractivity (Wildman–Crippen MR) is 98.7 cm³/mol. The van der Waals surface area contributed by atoms with Crippen LogP contribution in [0, 0.1) is 5.92 Å². The number of hydrogen-bond acceptors (Lipinski definition) is 4. The molecule has 1 aromatic carbocycles. The van der Waals surface area contributed by atoms with Gasteiger partial charge in [-0.15, -0.1) is 11.3 Å². The Kier molecular flexibility index (Phi) is 5.68. The maximum atomic E-state index is 12.4. The number of unbranched alkanes of at least 4 members (excludes halogenated alkanes) is 1. The second kappa shape index (κ2) is 7.95. The van der Waals surface area contributed by atoms with Crippen LogP contribution in [0.25, 0.3) is 10.2 Å². The van der Waals surface area contributed by atoms with Crippen LogP contribution in [0.2, 0.25) is 0 Å². The number of aryl methyl sites for hydroxylation is 1. The number of para-hydroxylation sites is 1. The molecular formula is C19H24N2O3S. The Labute approximate surface area is 151 Å². The van der Waals surface area contributed by atoms with Gasteiger partial charge in [-0.25, -0.2) is 9.78 Å². The molecule has 25 heavy (non-hydrogen) atoms. The summed E-state index contributed by atoms with van der Waals surface area (Å²) in [5, 5.41) is 10.5. The fraction of sp³-hybridized carbons (Fsp3) is 0.526. The Balaban J connectivity index is 1.47. The van der Waals surface area contributed by atoms with E-state index in [1.807, 2.05) is 18.2 Å². The Hall–Kier alpha value is -1.95. The number of amides is 1. The summed E-state index contributed by atoms with van der Waals surface area (Å²) in [6, 6.07) is 7.44. The molecule has 1 saturated heterocycles. The van der Waals surface area contributed by atoms with E-state index in [1.54, 1.807) is 16.2 Å². The number of aliphatic carboxylic acids is 1. The third-order valence-electron chi connectivity index (χ3n) is 4.84. The summed E-state index contributed by atoms with van der Waals surface area (Å²) in [6.07, 6.45) is 4.41. The zero-order valence-electron chi connectivity index (χ0n) is 14.5. The van der Waals surface area contributed by atoms with Gasteiger partial charge in [0.2, 0.25) is 5.91 Å². The third kappa shape index (κ3) is 4.37. The van der Waals surface area contributed by atoms with Gasteiger partial charge in [-0.2, -0.15) is 0 Å². The SMILES string of the molecule is CC1CCN(C(=O)CCCCc2nc3ccccc3s2)C(C(=O)O)C1. The molecule has 5 nitrogen and oxygen atoms in total. The molecule has 1 fully saturated rings. The summed E-state index contributed by atoms with van der Waals surface area (Å²) in [7, 11) is 0. The summed E-state index contributed by atoms with van der Waals surface area (Å²) in [5.74, 6) is -0.540. The standard InChI is InChI=1S/C19H24N2O3S/c1-13-10-11-21(15(12-13)19(23)24)18(22)9-5-4-8-17-20-14-6-2-3-7-16(14)25-17/h2-3,6-7,13,15H,4-5,8-12H2,1H3,(H,23,24). The van der Waals surface area contributed by atoms with E-state index in [0.717, 1.165) is 36.2 Å². The van der Waals surface area contributed by atoms with Crippen LogP contribution in [0.5, 0.6) is 0 Å². The number of piperidine rings is 1. The predicted octanol–water partition coefficient (Wildman–Crippen LogP) is 3.72. The van der Waals surface area contributed by atoms with Gasteiger partial charge in [0.15, 0.2) is 0 Å². The largest absolute Gasteiger partial charge is 0.480 e. The van der Waals surface area contributed by atoms with E-state index < -0.39 is 12.0 Å². The molecule has 3 rings (SSSR count). The molecule has 0 radical (unpaired) electrons. The molecule has 134 valence electrons. The molecule has 0 bridgehead atoms. The number of nitrogens with zero attached hydrogens (tertiary/aromatic N) is 2. The van der Waals surface area contributed by atoms with Crippen LogP contribution in [-0.2, 0) is 16.0 Å². The van der Waals surface area contributed by atoms with Crippen molar-refractivity contribution in [3.8, 4) is 0 Å². The van der Waals surface area contributed by atoms with Crippen LogP contribution >= 0.6 is 11.3 Å². The van der Waals surface area contributed by atoms with E-state index in [0.29, 0.717) is 25.3 Å². The van der Waals surface area contributed by atoms with Gasteiger partial charge in [-0.05, 0) is 50.2 Å². The fourth-order valence-corrected chi connectivity index (χ4v) is 4.41. The van der Waals surface area contributed by atoms with Crippen LogP contribution in [0.4, 0.5) is 0 Å². The van der Waals surface area contributed by atoms with Gasteiger partial charge in [-0.1, -0.05) is 19.1 Å². The lowest BCUT2D eigenvalue weighted by atomic mass is 9.92. The molecule has 0 spiro atoms. The molecule has 1 aromatic heterocycles. The molecular weight excluding hydrogens is 336 g/mol. The lowest BCUT2D eigenvalue weighted by Crippen LogP contribution is -2.49. The highest BCUT2D eigenvalue weighted by Gasteiger charge is 2.34. The van der Waals surface area contributed by atoms with Crippen molar-refractivity contribution in [2.24, 2.45) is 5.92 Å². The number of likely N-dealkylation sites (tertiary alicyclic amines) is 1. The molecule has 1 amide bonds. The Morgan fingerprint density at radius 1 is 1.32 bits per heavy atom. The number of rotatable bonds is 6. The quantitative estimate of drug-likeness (QED) is 0.797. The number of thiazole rings is 1. The maximum absolute atomic E-state index is 12.4. The summed E-state index contributed by atoms with van der Waals surface area (Å²) in [5.41, 5.74) is 1.03. The van der Waals surface area contributed by atoms with Gasteiger partial charge in [0, 0.05) is 13.0 Å². The Morgan fingerprint density at radius 2 is 2.12 bits per heavy atom. The molecule has 1 aliphatic rings. The number of carboxylic acid groups (broad SMARTS) is 1. The van der Waals surface area contributed by atoms with Crippen LogP contribution in [0.3, 0.4) is 0 Å². The monoisotopic (exact) mass is 360 g/mol. The normalized spacial score (nSPS) is 20.8. The Bertz CT molecular complexity index is 725. The molecule has 2 unspecified atom stereocenters. The topological polar surface area (TPSA) is 70.5 Å². The molecule has 2 heterocycles. The minimum Gasteiger partial charge on any atom is -0.480 e. The maximum Gasteiger partial charge on any atom is 0.326 e. The average Bonchev–Trinajstić information content (AvgIpc) is 3.01. The van der Waals surface area contributed by atoms with Crippen LogP contribution in [0.15, 0.2) is 24.3 Å². The van der Waals surface area contributed by atoms with Gasteiger partial charge in [0.25, 0.3) is 0 Å². The number of carbonyl (C=O) groups is 2. The van der Waals surface area contributed by atoms with E-state index in [4.69, 9.17) is 0 Å². The molecule has 6 heteroatoms. The number of benzene rings is 1. The summed E-state index contributed by atoms with van der Waals surface area (Å²) in [6.45, 7) is 2.62. The molecule has 0 saturated carbocycles. The minimum absolute atomic E-state index is 0.0244. The van der Waals surface area contributed by atoms with Crippen LogP contribution < -0.4 is 0 Å². The lowest BCUT2D eigenvalue weighted by Gasteiger charge is -2.36. The van der Waals surface area contributed by atoms with Crippen molar-refractivity contribution in [3.05, 3.63) is 29.3 Å². The van der Waals surface area contributed by atoms with Crippen molar-refractivity contribution in [1.29, 1.82) is 0 Å². The van der Waals surface area contributed by atoms with Crippen molar-refractivity contribution >= 4 is 33.4 Å². The van der Waals surface area contributed by atoms with E-state index in [2.05, 4.69) is 18.0 Å². The van der Waals surface area contributed by atoms with E-state index >= 15 is 0 Å². The highest BCUT2D eigenvalue weighted by molar-refractivity contribution is 7.18. The number of fused-ring (bicyclic) bond motifs is 1. The van der Waals surface area contributed by atoms with Gasteiger partial charge in [0.05, 0.1) is 15.2 Å². The van der Waals surface area contributed by atoms with Gasteiger partial charge in [0.1, 0.15) is 6.04 Å². The first-order valence-electron chi connectivity index (χ1n) is 8.91. The first kappa shape index (κ1) is 17.9. The zero-order valence-corrected chi connectivity index (χ0v) is 15.3. The third-order valence-corrected chi connectivity index (χ3v) is 5.94. The molecule has 2 atom stereocenters. The van der Waals surface area contributed by atoms with Crippen LogP contribution in [0.1, 0.15) is 44.0 Å². The van der Waals surface area contributed by atoms with Crippen molar-refractivity contribution in [2.75, 3.05) is 6.54 Å². The molecule has 1 aliphatic heterocycles. The molecule has 1 N–H and O–H groups in total. The highest BCUT2D eigenvalue weighted by Crippen LogP contribution is 2.25. The van der Waals surface area contributed by atoms with E-state index in [9.17, 15) is 14.7 Å². The number of hydrogen-bond donors (Lipinski definition) is 1. The van der Waals surface area contributed by atoms with E-state index in [-0.39, 0.29) is 5.91 Å². The highest BCUT2D eigenvalue weighted by atomic mass is 32.1. The number of aromatic nitrogens is 1. The van der Waals surface area contributed by atoms with Crippen molar-refractivity contribution in [3.63, 3.8) is 0 Å². The number of carbonyl (C=O) groups excluding carboxylic acids is 1. The second-order valence-corrected chi connectivity index (χ2v) is 7.97. The second-order valence-electron chi connectivity index (χ2n) is 6.85. The van der Waals surface area contributed by atoms with Crippen molar-refractivity contribution in [1.82, 2.24) is 9.88 Å². The van der Waals surface area contributed by atoms with Gasteiger partial charge < -0.3 is 10.0 Å². The summed E-state index contributed by atoms with van der Waals surface area (Å²) < 4.78 is 1.19. The average molecular weight is 360 g/mol. The first-order chi connectivity index (χ1) is 12.0. The van der Waals surface area contributed by atoms with Gasteiger partial charge >= 0.3 is 5.97 Å². The minimum atomic E-state index is -0.880. The number of carboxylic acids is 1. The van der Waals surface area contributed by atoms with Crippen molar-refractivity contribution < 1.29 is 14.7 Å². The summed E-state index contributed by atoms with van der Waals surface area (Å²) >= 11 is 1.70. The van der Waals surface area contributed by atoms with Crippen LogP contribution in [-0.4, -0.2) is 39.5 Å². The molecule has 2 aromatic rings. The fourth-order valence-electron chi connectivity index (χ4n) is 3.40. The first-order valence-corrected chi connectivity index (χ1v) is 9.73. The Morgan fingerprint density at radius 3 is 2.88 bits per heavy atom. The van der Waals surface area contributed by atoms with E-state index in [1.165, 1.54) is 4.70 Å². The zero-order chi connectivity index (χ0) is 17.8. The smallest absolute Gasteiger partial charge is 0.326 e. The lowest BCUT2D eigenvalue weighted by molar-refractivity contribution is -0.153.